The highest BCUT2D eigenvalue weighted by Gasteiger charge is 1.96. The molecular weight excluding hydrogens is 270 g/mol. The lowest BCUT2D eigenvalue weighted by atomic mass is 10.2. The van der Waals surface area contributed by atoms with Gasteiger partial charge in [0.2, 0.25) is 0 Å². The fourth-order valence-electron chi connectivity index (χ4n) is 0.947. The molecule has 0 aliphatic carbocycles. The van der Waals surface area contributed by atoms with Gasteiger partial charge < -0.3 is 0 Å². The minimum absolute atomic E-state index is 0.898. The number of rotatable bonds is 2. The fraction of sp³-hybridized carbons (Fsp3) is 0.375. The van der Waals surface area contributed by atoms with Crippen LogP contribution in [0.4, 0.5) is 0 Å². The van der Waals surface area contributed by atoms with Gasteiger partial charge in [0.1, 0.15) is 9.21 Å². The summed E-state index contributed by atoms with van der Waals surface area (Å²) in [6.45, 7) is 2.17. The van der Waals surface area contributed by atoms with Crippen molar-refractivity contribution in [2.24, 2.45) is 0 Å². The van der Waals surface area contributed by atoms with E-state index in [2.05, 4.69) is 43.8 Å². The van der Waals surface area contributed by atoms with E-state index in [1.807, 2.05) is 12.1 Å². The SMILES string of the molecule is CCCc1cc(Br)nc(Br)c1. The summed E-state index contributed by atoms with van der Waals surface area (Å²) in [6, 6.07) is 4.10. The van der Waals surface area contributed by atoms with Crippen molar-refractivity contribution in [2.45, 2.75) is 19.8 Å². The molecule has 1 nitrogen and oxygen atoms in total. The molecule has 0 saturated carbocycles. The van der Waals surface area contributed by atoms with Crippen molar-refractivity contribution in [3.63, 3.8) is 0 Å². The van der Waals surface area contributed by atoms with E-state index in [9.17, 15) is 0 Å². The normalized spacial score (nSPS) is 10.1. The predicted molar refractivity (Wildman–Crippen MR) is 53.6 cm³/mol. The van der Waals surface area contributed by atoms with Crippen LogP contribution in [-0.2, 0) is 6.42 Å². The van der Waals surface area contributed by atoms with Crippen LogP contribution in [-0.4, -0.2) is 4.98 Å². The van der Waals surface area contributed by atoms with Gasteiger partial charge in [0, 0.05) is 0 Å². The molecule has 1 aromatic rings. The monoisotopic (exact) mass is 277 g/mol. The quantitative estimate of drug-likeness (QED) is 0.754. The van der Waals surface area contributed by atoms with Crippen LogP contribution in [0.5, 0.6) is 0 Å². The van der Waals surface area contributed by atoms with E-state index >= 15 is 0 Å². The van der Waals surface area contributed by atoms with E-state index in [1.165, 1.54) is 12.0 Å². The lowest BCUT2D eigenvalue weighted by Gasteiger charge is -1.99. The van der Waals surface area contributed by atoms with Gasteiger partial charge in [0.15, 0.2) is 0 Å². The summed E-state index contributed by atoms with van der Waals surface area (Å²) < 4.78 is 1.80. The van der Waals surface area contributed by atoms with Gasteiger partial charge in [0.05, 0.1) is 0 Å². The molecule has 1 rings (SSSR count). The molecule has 0 saturated heterocycles. The number of hydrogen-bond acceptors (Lipinski definition) is 1. The Balaban J connectivity index is 2.89. The Hall–Kier alpha value is 0.110. The van der Waals surface area contributed by atoms with Crippen LogP contribution in [0.15, 0.2) is 21.3 Å². The third-order valence-corrected chi connectivity index (χ3v) is 2.17. The maximum Gasteiger partial charge on any atom is 0.107 e. The largest absolute Gasteiger partial charge is 0.234 e. The zero-order valence-corrected chi connectivity index (χ0v) is 9.44. The third kappa shape index (κ3) is 2.91. The average Bonchev–Trinajstić information content (AvgIpc) is 1.85. The van der Waals surface area contributed by atoms with E-state index in [0.29, 0.717) is 0 Å². The van der Waals surface area contributed by atoms with Crippen molar-refractivity contribution in [3.05, 3.63) is 26.9 Å². The number of hydrogen-bond donors (Lipinski definition) is 0. The van der Waals surface area contributed by atoms with E-state index < -0.39 is 0 Å². The molecule has 0 N–H and O–H groups in total. The van der Waals surface area contributed by atoms with Crippen molar-refractivity contribution >= 4 is 31.9 Å². The molecule has 3 heteroatoms. The highest BCUT2D eigenvalue weighted by molar-refractivity contribution is 9.11. The second kappa shape index (κ2) is 4.21. The Kier molecular flexibility index (Phi) is 3.52. The first-order valence-electron chi connectivity index (χ1n) is 3.54. The predicted octanol–water partition coefficient (Wildman–Crippen LogP) is 3.56. The van der Waals surface area contributed by atoms with Gasteiger partial charge >= 0.3 is 0 Å². The highest BCUT2D eigenvalue weighted by Crippen LogP contribution is 2.16. The fourth-order valence-corrected chi connectivity index (χ4v) is 2.16. The first-order valence-corrected chi connectivity index (χ1v) is 5.13. The average molecular weight is 279 g/mol. The third-order valence-electron chi connectivity index (χ3n) is 1.36. The summed E-state index contributed by atoms with van der Waals surface area (Å²) in [5.74, 6) is 0. The molecular formula is C8H9Br2N. The maximum absolute atomic E-state index is 4.15. The number of halogens is 2. The summed E-state index contributed by atoms with van der Waals surface area (Å²) in [6.07, 6.45) is 2.28. The molecule has 0 amide bonds. The zero-order valence-electron chi connectivity index (χ0n) is 6.27. The van der Waals surface area contributed by atoms with Gasteiger partial charge in [-0.05, 0) is 56.0 Å². The van der Waals surface area contributed by atoms with Crippen LogP contribution in [0.3, 0.4) is 0 Å². The minimum Gasteiger partial charge on any atom is -0.234 e. The van der Waals surface area contributed by atoms with Crippen molar-refractivity contribution in [1.82, 2.24) is 4.98 Å². The molecule has 0 fully saturated rings. The van der Waals surface area contributed by atoms with Crippen LogP contribution in [0.1, 0.15) is 18.9 Å². The molecule has 0 radical (unpaired) electrons. The topological polar surface area (TPSA) is 12.9 Å². The summed E-state index contributed by atoms with van der Waals surface area (Å²) >= 11 is 6.68. The van der Waals surface area contributed by atoms with Gasteiger partial charge in [0.25, 0.3) is 0 Å². The maximum atomic E-state index is 4.15. The molecule has 1 aromatic heterocycles. The molecule has 0 bridgehead atoms. The summed E-state index contributed by atoms with van der Waals surface area (Å²) in [5.41, 5.74) is 1.32. The number of aryl methyl sites for hydroxylation is 1. The van der Waals surface area contributed by atoms with Gasteiger partial charge in [-0.25, -0.2) is 4.98 Å². The van der Waals surface area contributed by atoms with Crippen LogP contribution in [0.25, 0.3) is 0 Å². The van der Waals surface area contributed by atoms with Crippen molar-refractivity contribution in [3.8, 4) is 0 Å². The Bertz CT molecular complexity index is 228. The number of aromatic nitrogens is 1. The van der Waals surface area contributed by atoms with Gasteiger partial charge in [-0.2, -0.15) is 0 Å². The molecule has 0 unspecified atom stereocenters. The van der Waals surface area contributed by atoms with E-state index in [4.69, 9.17) is 0 Å². The smallest absolute Gasteiger partial charge is 0.107 e. The standard InChI is InChI=1S/C8H9Br2N/c1-2-3-6-4-7(9)11-8(10)5-6/h4-5H,2-3H2,1H3. The lowest BCUT2D eigenvalue weighted by molar-refractivity contribution is 0.914. The summed E-state index contributed by atoms with van der Waals surface area (Å²) in [5, 5.41) is 0. The van der Waals surface area contributed by atoms with Crippen LogP contribution in [0.2, 0.25) is 0 Å². The lowest BCUT2D eigenvalue weighted by Crippen LogP contribution is -1.86. The Morgan fingerprint density at radius 2 is 1.82 bits per heavy atom. The first-order chi connectivity index (χ1) is 5.22. The molecule has 0 aromatic carbocycles. The number of pyridine rings is 1. The second-order valence-electron chi connectivity index (χ2n) is 2.37. The van der Waals surface area contributed by atoms with Crippen LogP contribution < -0.4 is 0 Å². The van der Waals surface area contributed by atoms with E-state index in [0.717, 1.165) is 15.6 Å². The summed E-state index contributed by atoms with van der Waals surface area (Å²) in [7, 11) is 0. The van der Waals surface area contributed by atoms with Crippen molar-refractivity contribution < 1.29 is 0 Å². The highest BCUT2D eigenvalue weighted by atomic mass is 79.9. The molecule has 0 aliphatic rings. The molecule has 0 atom stereocenters. The molecule has 1 heterocycles. The first kappa shape index (κ1) is 9.20. The Morgan fingerprint density at radius 1 is 1.27 bits per heavy atom. The summed E-state index contributed by atoms with van der Waals surface area (Å²) in [4.78, 5) is 4.15. The molecule has 60 valence electrons. The van der Waals surface area contributed by atoms with Gasteiger partial charge in [-0.15, -0.1) is 0 Å². The second-order valence-corrected chi connectivity index (χ2v) is 4.00. The Morgan fingerprint density at radius 3 is 2.27 bits per heavy atom. The minimum atomic E-state index is 0.898. The van der Waals surface area contributed by atoms with Gasteiger partial charge in [-0.1, -0.05) is 13.3 Å². The van der Waals surface area contributed by atoms with E-state index in [1.54, 1.807) is 0 Å². The Labute approximate surface area is 83.5 Å². The van der Waals surface area contributed by atoms with Crippen LogP contribution in [0, 0.1) is 0 Å². The van der Waals surface area contributed by atoms with Crippen molar-refractivity contribution in [2.75, 3.05) is 0 Å². The van der Waals surface area contributed by atoms with Crippen molar-refractivity contribution in [1.29, 1.82) is 0 Å². The molecule has 0 aliphatic heterocycles. The molecule has 11 heavy (non-hydrogen) atoms. The number of nitrogens with zero attached hydrogens (tertiary/aromatic N) is 1. The molecule has 0 spiro atoms. The van der Waals surface area contributed by atoms with Gasteiger partial charge in [-0.3, -0.25) is 0 Å². The zero-order chi connectivity index (χ0) is 8.27. The van der Waals surface area contributed by atoms with E-state index in [-0.39, 0.29) is 0 Å². The van der Waals surface area contributed by atoms with Crippen LogP contribution >= 0.6 is 31.9 Å².